The number of hydrogen-bond donors (Lipinski definition) is 0. The number of hydrogen-bond acceptors (Lipinski definition) is 4. The van der Waals surface area contributed by atoms with Gasteiger partial charge in [-0.3, -0.25) is 0 Å². The van der Waals surface area contributed by atoms with Crippen LogP contribution in [0.3, 0.4) is 0 Å². The molecular weight excluding hydrogens is 372 g/mol. The van der Waals surface area contributed by atoms with Crippen molar-refractivity contribution in [3.63, 3.8) is 0 Å². The summed E-state index contributed by atoms with van der Waals surface area (Å²) >= 11 is 0. The van der Waals surface area contributed by atoms with Gasteiger partial charge in [-0.1, -0.05) is 50.1 Å². The Bertz CT molecular complexity index is 1080. The van der Waals surface area contributed by atoms with E-state index >= 15 is 0 Å². The van der Waals surface area contributed by atoms with Gasteiger partial charge < -0.3 is 9.47 Å². The van der Waals surface area contributed by atoms with Gasteiger partial charge in [0, 0.05) is 11.1 Å². The summed E-state index contributed by atoms with van der Waals surface area (Å²) in [6.07, 6.45) is 4.90. The topological polar surface area (TPSA) is 55.1 Å². The van der Waals surface area contributed by atoms with Crippen molar-refractivity contribution in [3.05, 3.63) is 65.2 Å². The quantitative estimate of drug-likeness (QED) is 0.461. The largest absolute Gasteiger partial charge is 0.497 e. The number of rotatable bonds is 7. The van der Waals surface area contributed by atoms with Gasteiger partial charge in [-0.05, 0) is 54.2 Å². The van der Waals surface area contributed by atoms with Crippen LogP contribution in [0.1, 0.15) is 42.9 Å². The molecule has 1 aliphatic rings. The average Bonchev–Trinajstić information content (AvgIpc) is 2.80. The van der Waals surface area contributed by atoms with Crippen LogP contribution >= 0.6 is 0 Å². The van der Waals surface area contributed by atoms with E-state index in [1.54, 1.807) is 7.11 Å². The highest BCUT2D eigenvalue weighted by molar-refractivity contribution is 5.84. The summed E-state index contributed by atoms with van der Waals surface area (Å²) in [5.74, 6) is 1.29. The number of pyridine rings is 1. The molecule has 0 radical (unpaired) electrons. The maximum atomic E-state index is 10.0. The zero-order chi connectivity index (χ0) is 20.9. The SMILES string of the molecule is CCCCCOc1nc2c(c(-c3ccccc3)c1C#N)CCc1cc(OC)ccc1-2. The van der Waals surface area contributed by atoms with Gasteiger partial charge in [-0.25, -0.2) is 4.98 Å². The van der Waals surface area contributed by atoms with Gasteiger partial charge in [0.25, 0.3) is 0 Å². The molecule has 2 aromatic carbocycles. The zero-order valence-corrected chi connectivity index (χ0v) is 17.6. The van der Waals surface area contributed by atoms with Crippen LogP contribution in [0.15, 0.2) is 48.5 Å². The maximum Gasteiger partial charge on any atom is 0.232 e. The normalized spacial score (nSPS) is 11.9. The second-order valence-electron chi connectivity index (χ2n) is 7.55. The summed E-state index contributed by atoms with van der Waals surface area (Å²) in [5, 5.41) is 10.0. The smallest absolute Gasteiger partial charge is 0.232 e. The molecule has 0 fully saturated rings. The molecule has 0 amide bonds. The molecule has 4 rings (SSSR count). The van der Waals surface area contributed by atoms with Crippen LogP contribution in [0.4, 0.5) is 0 Å². The van der Waals surface area contributed by atoms with E-state index in [-0.39, 0.29) is 0 Å². The van der Waals surface area contributed by atoms with Crippen LogP contribution in [-0.4, -0.2) is 18.7 Å². The zero-order valence-electron chi connectivity index (χ0n) is 17.6. The third kappa shape index (κ3) is 3.76. The molecule has 0 N–H and O–H groups in total. The highest BCUT2D eigenvalue weighted by atomic mass is 16.5. The average molecular weight is 399 g/mol. The second kappa shape index (κ2) is 9.00. The molecule has 152 valence electrons. The van der Waals surface area contributed by atoms with Crippen LogP contribution in [-0.2, 0) is 12.8 Å². The molecule has 1 aliphatic carbocycles. The first-order chi connectivity index (χ1) is 14.8. The monoisotopic (exact) mass is 398 g/mol. The van der Waals surface area contributed by atoms with E-state index in [4.69, 9.17) is 14.5 Å². The Morgan fingerprint density at radius 2 is 1.90 bits per heavy atom. The number of benzene rings is 2. The molecule has 3 aromatic rings. The molecular formula is C26H26N2O2. The third-order valence-corrected chi connectivity index (χ3v) is 5.64. The van der Waals surface area contributed by atoms with Crippen molar-refractivity contribution in [2.45, 2.75) is 39.0 Å². The van der Waals surface area contributed by atoms with Crippen molar-refractivity contribution >= 4 is 0 Å². The Labute approximate surface area is 178 Å². The molecule has 0 spiro atoms. The van der Waals surface area contributed by atoms with Crippen LogP contribution in [0.25, 0.3) is 22.4 Å². The van der Waals surface area contributed by atoms with Crippen LogP contribution in [0.2, 0.25) is 0 Å². The lowest BCUT2D eigenvalue weighted by Gasteiger charge is -2.24. The van der Waals surface area contributed by atoms with Crippen molar-refractivity contribution in [3.8, 4) is 40.1 Å². The van der Waals surface area contributed by atoms with E-state index in [2.05, 4.69) is 37.3 Å². The number of fused-ring (bicyclic) bond motifs is 3. The van der Waals surface area contributed by atoms with Crippen molar-refractivity contribution in [1.82, 2.24) is 4.98 Å². The Kier molecular flexibility index (Phi) is 5.99. The maximum absolute atomic E-state index is 10.0. The minimum absolute atomic E-state index is 0.440. The van der Waals surface area contributed by atoms with Crippen molar-refractivity contribution in [1.29, 1.82) is 5.26 Å². The van der Waals surface area contributed by atoms with Crippen LogP contribution in [0, 0.1) is 11.3 Å². The van der Waals surface area contributed by atoms with E-state index in [0.29, 0.717) is 18.1 Å². The van der Waals surface area contributed by atoms with Gasteiger partial charge in [-0.2, -0.15) is 5.26 Å². The second-order valence-corrected chi connectivity index (χ2v) is 7.55. The van der Waals surface area contributed by atoms with E-state index in [1.165, 1.54) is 5.56 Å². The molecule has 1 aromatic heterocycles. The van der Waals surface area contributed by atoms with Gasteiger partial charge in [0.1, 0.15) is 17.4 Å². The number of ether oxygens (including phenoxy) is 2. The summed E-state index contributed by atoms with van der Waals surface area (Å²) in [7, 11) is 1.69. The fraction of sp³-hybridized carbons (Fsp3) is 0.308. The van der Waals surface area contributed by atoms with Crippen molar-refractivity contribution in [2.24, 2.45) is 0 Å². The van der Waals surface area contributed by atoms with E-state index in [9.17, 15) is 5.26 Å². The van der Waals surface area contributed by atoms with Gasteiger partial charge in [-0.15, -0.1) is 0 Å². The Morgan fingerprint density at radius 3 is 2.63 bits per heavy atom. The first kappa shape index (κ1) is 20.0. The minimum atomic E-state index is 0.440. The summed E-state index contributed by atoms with van der Waals surface area (Å²) in [6, 6.07) is 18.6. The predicted octanol–water partition coefficient (Wildman–Crippen LogP) is 5.96. The van der Waals surface area contributed by atoms with Gasteiger partial charge in [0.2, 0.25) is 5.88 Å². The lowest BCUT2D eigenvalue weighted by Crippen LogP contribution is -2.12. The number of nitriles is 1. The molecule has 0 aliphatic heterocycles. The first-order valence-electron chi connectivity index (χ1n) is 10.6. The Balaban J connectivity index is 1.90. The standard InChI is InChI=1S/C26H26N2O2/c1-3-4-8-15-30-26-23(17-27)24(18-9-6-5-7-10-18)22-13-11-19-16-20(29-2)12-14-21(19)25(22)28-26/h5-7,9-10,12,14,16H,3-4,8,11,13,15H2,1-2H3. The lowest BCUT2D eigenvalue weighted by atomic mass is 9.83. The van der Waals surface area contributed by atoms with Gasteiger partial charge >= 0.3 is 0 Å². The predicted molar refractivity (Wildman–Crippen MR) is 119 cm³/mol. The molecule has 0 saturated heterocycles. The fourth-order valence-electron chi connectivity index (χ4n) is 4.11. The van der Waals surface area contributed by atoms with E-state index in [0.717, 1.165) is 65.8 Å². The number of nitrogens with zero attached hydrogens (tertiary/aromatic N) is 2. The molecule has 0 unspecified atom stereocenters. The van der Waals surface area contributed by atoms with Crippen molar-refractivity contribution < 1.29 is 9.47 Å². The van der Waals surface area contributed by atoms with Gasteiger partial charge in [0.15, 0.2) is 0 Å². The summed E-state index contributed by atoms with van der Waals surface area (Å²) < 4.78 is 11.5. The number of methoxy groups -OCH3 is 1. The van der Waals surface area contributed by atoms with Crippen molar-refractivity contribution in [2.75, 3.05) is 13.7 Å². The van der Waals surface area contributed by atoms with Crippen LogP contribution < -0.4 is 9.47 Å². The Hall–Kier alpha value is -3.32. The summed E-state index contributed by atoms with van der Waals surface area (Å²) in [5.41, 5.74) is 6.87. The van der Waals surface area contributed by atoms with Gasteiger partial charge in [0.05, 0.1) is 19.4 Å². The molecule has 4 nitrogen and oxygen atoms in total. The number of aryl methyl sites for hydroxylation is 1. The highest BCUT2D eigenvalue weighted by Crippen LogP contribution is 2.43. The van der Waals surface area contributed by atoms with E-state index in [1.807, 2.05) is 24.3 Å². The van der Waals surface area contributed by atoms with Crippen LogP contribution in [0.5, 0.6) is 11.6 Å². The van der Waals surface area contributed by atoms with E-state index < -0.39 is 0 Å². The molecule has 0 bridgehead atoms. The Morgan fingerprint density at radius 1 is 1.07 bits per heavy atom. The number of aromatic nitrogens is 1. The lowest BCUT2D eigenvalue weighted by molar-refractivity contribution is 0.294. The fourth-order valence-corrected chi connectivity index (χ4v) is 4.11. The highest BCUT2D eigenvalue weighted by Gasteiger charge is 2.27. The molecule has 0 atom stereocenters. The number of unbranched alkanes of at least 4 members (excludes halogenated alkanes) is 2. The molecule has 4 heteroatoms. The third-order valence-electron chi connectivity index (χ3n) is 5.64. The minimum Gasteiger partial charge on any atom is -0.497 e. The first-order valence-corrected chi connectivity index (χ1v) is 10.6. The molecule has 0 saturated carbocycles. The molecule has 30 heavy (non-hydrogen) atoms. The summed E-state index contributed by atoms with van der Waals surface area (Å²) in [4.78, 5) is 4.88. The molecule has 1 heterocycles. The summed E-state index contributed by atoms with van der Waals surface area (Å²) in [6.45, 7) is 2.73.